The third kappa shape index (κ3) is 3.42. The normalized spacial score (nSPS) is 24.2. The highest BCUT2D eigenvalue weighted by Gasteiger charge is 2.47. The standard InChI is InChI=1S/C23H20FNO6/c24-15-6-3-13(4-7-15)20-19(21(26)14-5-8-17-18(10-14)31-12-30-17)22(27)23(28)25(20)11-16-2-1-9-29-16/h3-8,10,16,20,26H,1-2,9,11-12H2/b21-19-. The predicted octanol–water partition coefficient (Wildman–Crippen LogP) is 3.16. The van der Waals surface area contributed by atoms with Gasteiger partial charge in [0.1, 0.15) is 11.6 Å². The minimum atomic E-state index is -0.852. The number of fused-ring (bicyclic) bond motifs is 1. The summed E-state index contributed by atoms with van der Waals surface area (Å²) in [7, 11) is 0. The average Bonchev–Trinajstić information content (AvgIpc) is 3.51. The van der Waals surface area contributed by atoms with Crippen molar-refractivity contribution in [2.24, 2.45) is 0 Å². The molecule has 3 aliphatic heterocycles. The lowest BCUT2D eigenvalue weighted by Gasteiger charge is -2.27. The number of Topliss-reactive ketones (excluding diaryl/α,β-unsaturated/α-hetero) is 1. The van der Waals surface area contributed by atoms with E-state index in [1.54, 1.807) is 18.2 Å². The van der Waals surface area contributed by atoms with Gasteiger partial charge >= 0.3 is 0 Å². The second kappa shape index (κ2) is 7.70. The van der Waals surface area contributed by atoms with Crippen molar-refractivity contribution in [1.82, 2.24) is 4.90 Å². The zero-order valence-electron chi connectivity index (χ0n) is 16.5. The number of carbonyl (C=O) groups is 2. The van der Waals surface area contributed by atoms with E-state index in [1.165, 1.54) is 29.2 Å². The third-order valence-electron chi connectivity index (χ3n) is 5.80. The van der Waals surface area contributed by atoms with Gasteiger partial charge in [0, 0.05) is 18.7 Å². The molecule has 2 saturated heterocycles. The Kier molecular flexibility index (Phi) is 4.86. The fourth-order valence-corrected chi connectivity index (χ4v) is 4.27. The minimum absolute atomic E-state index is 0.0477. The van der Waals surface area contributed by atoms with Crippen molar-refractivity contribution in [3.8, 4) is 11.5 Å². The van der Waals surface area contributed by atoms with Crippen LogP contribution in [0, 0.1) is 5.82 Å². The van der Waals surface area contributed by atoms with Crippen LogP contribution in [-0.2, 0) is 14.3 Å². The Hall–Kier alpha value is -3.39. The van der Waals surface area contributed by atoms with E-state index >= 15 is 0 Å². The van der Waals surface area contributed by atoms with Crippen LogP contribution >= 0.6 is 0 Å². The molecule has 0 spiro atoms. The number of aliphatic hydroxyl groups is 1. The molecule has 2 fully saturated rings. The van der Waals surface area contributed by atoms with Gasteiger partial charge in [0.25, 0.3) is 11.7 Å². The van der Waals surface area contributed by atoms with Crippen LogP contribution in [0.5, 0.6) is 11.5 Å². The van der Waals surface area contributed by atoms with Crippen molar-refractivity contribution in [3.05, 3.63) is 65.0 Å². The quantitative estimate of drug-likeness (QED) is 0.460. The minimum Gasteiger partial charge on any atom is -0.507 e. The summed E-state index contributed by atoms with van der Waals surface area (Å²) in [4.78, 5) is 27.3. The van der Waals surface area contributed by atoms with E-state index < -0.39 is 23.5 Å². The summed E-state index contributed by atoms with van der Waals surface area (Å²) in [5.74, 6) is -1.28. The maximum absolute atomic E-state index is 13.5. The summed E-state index contributed by atoms with van der Waals surface area (Å²) in [6, 6.07) is 9.50. The summed E-state index contributed by atoms with van der Waals surface area (Å²) in [5, 5.41) is 11.1. The molecule has 3 aliphatic rings. The molecule has 8 heteroatoms. The average molecular weight is 425 g/mol. The highest BCUT2D eigenvalue weighted by molar-refractivity contribution is 6.46. The highest BCUT2D eigenvalue weighted by Crippen LogP contribution is 2.41. The van der Waals surface area contributed by atoms with E-state index in [2.05, 4.69) is 0 Å². The molecule has 0 aromatic heterocycles. The molecule has 3 heterocycles. The topological polar surface area (TPSA) is 85.3 Å². The Bertz CT molecular complexity index is 1070. The van der Waals surface area contributed by atoms with Crippen LogP contribution in [0.2, 0.25) is 0 Å². The van der Waals surface area contributed by atoms with E-state index in [9.17, 15) is 19.1 Å². The number of likely N-dealkylation sites (tertiary alicyclic amines) is 1. The molecule has 31 heavy (non-hydrogen) atoms. The van der Waals surface area contributed by atoms with Gasteiger partial charge in [-0.15, -0.1) is 0 Å². The van der Waals surface area contributed by atoms with Crippen molar-refractivity contribution in [2.75, 3.05) is 19.9 Å². The van der Waals surface area contributed by atoms with Crippen molar-refractivity contribution in [1.29, 1.82) is 0 Å². The van der Waals surface area contributed by atoms with Gasteiger partial charge in [0.05, 0.1) is 17.7 Å². The van der Waals surface area contributed by atoms with Crippen molar-refractivity contribution in [2.45, 2.75) is 25.0 Å². The molecule has 2 aromatic rings. The Balaban J connectivity index is 1.60. The van der Waals surface area contributed by atoms with Crippen molar-refractivity contribution >= 4 is 17.4 Å². The summed E-state index contributed by atoms with van der Waals surface area (Å²) in [6.07, 6.45) is 1.47. The number of amides is 1. The number of benzene rings is 2. The number of ketones is 1. The molecule has 2 atom stereocenters. The van der Waals surface area contributed by atoms with Crippen LogP contribution in [0.4, 0.5) is 4.39 Å². The number of nitrogens with zero attached hydrogens (tertiary/aromatic N) is 1. The monoisotopic (exact) mass is 425 g/mol. The fraction of sp³-hybridized carbons (Fsp3) is 0.304. The van der Waals surface area contributed by atoms with E-state index in [1.807, 2.05) is 0 Å². The summed E-state index contributed by atoms with van der Waals surface area (Å²) in [5.41, 5.74) is 0.806. The van der Waals surface area contributed by atoms with E-state index in [0.29, 0.717) is 29.2 Å². The number of halogens is 1. The van der Waals surface area contributed by atoms with Crippen LogP contribution in [0.15, 0.2) is 48.0 Å². The fourth-order valence-electron chi connectivity index (χ4n) is 4.27. The number of aliphatic hydroxyl groups excluding tert-OH is 1. The van der Waals surface area contributed by atoms with Crippen LogP contribution in [-0.4, -0.2) is 47.7 Å². The molecule has 2 aromatic carbocycles. The Morgan fingerprint density at radius 2 is 1.87 bits per heavy atom. The summed E-state index contributed by atoms with van der Waals surface area (Å²) in [6.45, 7) is 0.887. The molecule has 7 nitrogen and oxygen atoms in total. The SMILES string of the molecule is O=C1C(=O)N(CC2CCCO2)C(c2ccc(F)cc2)/C1=C(/O)c1ccc2c(c1)OCO2. The third-order valence-corrected chi connectivity index (χ3v) is 5.80. The molecule has 2 unspecified atom stereocenters. The first-order valence-electron chi connectivity index (χ1n) is 10.1. The number of rotatable bonds is 4. The number of hydrogen-bond donors (Lipinski definition) is 1. The van der Waals surface area contributed by atoms with Crippen LogP contribution in [0.1, 0.15) is 30.0 Å². The van der Waals surface area contributed by atoms with E-state index in [-0.39, 0.29) is 30.8 Å². The molecule has 0 aliphatic carbocycles. The number of hydrogen-bond acceptors (Lipinski definition) is 6. The van der Waals surface area contributed by atoms with Gasteiger partial charge in [-0.05, 0) is 48.7 Å². The van der Waals surface area contributed by atoms with Gasteiger partial charge < -0.3 is 24.2 Å². The van der Waals surface area contributed by atoms with Gasteiger partial charge in [0.2, 0.25) is 6.79 Å². The highest BCUT2D eigenvalue weighted by atomic mass is 19.1. The number of ether oxygens (including phenoxy) is 3. The zero-order chi connectivity index (χ0) is 21.5. The Morgan fingerprint density at radius 3 is 2.61 bits per heavy atom. The molecular formula is C23H20FNO6. The molecular weight excluding hydrogens is 405 g/mol. The van der Waals surface area contributed by atoms with Gasteiger partial charge in [-0.3, -0.25) is 9.59 Å². The van der Waals surface area contributed by atoms with Crippen LogP contribution in [0.3, 0.4) is 0 Å². The summed E-state index contributed by atoms with van der Waals surface area (Å²) < 4.78 is 29.9. The zero-order valence-corrected chi connectivity index (χ0v) is 16.5. The maximum Gasteiger partial charge on any atom is 0.295 e. The Morgan fingerprint density at radius 1 is 1.10 bits per heavy atom. The molecule has 1 N–H and O–H groups in total. The number of carbonyl (C=O) groups excluding carboxylic acids is 2. The Labute approximate surface area is 177 Å². The van der Waals surface area contributed by atoms with Crippen LogP contribution in [0.25, 0.3) is 5.76 Å². The van der Waals surface area contributed by atoms with E-state index in [4.69, 9.17) is 14.2 Å². The largest absolute Gasteiger partial charge is 0.507 e. The lowest BCUT2D eigenvalue weighted by Crippen LogP contribution is -2.36. The first kappa shape index (κ1) is 19.6. The lowest BCUT2D eigenvalue weighted by atomic mass is 9.95. The van der Waals surface area contributed by atoms with Gasteiger partial charge in [-0.1, -0.05) is 12.1 Å². The lowest BCUT2D eigenvalue weighted by molar-refractivity contribution is -0.140. The molecule has 5 rings (SSSR count). The molecule has 0 bridgehead atoms. The van der Waals surface area contributed by atoms with Crippen molar-refractivity contribution < 1.29 is 33.3 Å². The molecule has 0 saturated carbocycles. The van der Waals surface area contributed by atoms with Crippen LogP contribution < -0.4 is 9.47 Å². The first-order valence-corrected chi connectivity index (χ1v) is 10.1. The summed E-state index contributed by atoms with van der Waals surface area (Å²) >= 11 is 0. The van der Waals surface area contributed by atoms with Gasteiger partial charge in [-0.25, -0.2) is 4.39 Å². The second-order valence-electron chi connectivity index (χ2n) is 7.71. The predicted molar refractivity (Wildman–Crippen MR) is 107 cm³/mol. The van der Waals surface area contributed by atoms with E-state index in [0.717, 1.165) is 12.8 Å². The van der Waals surface area contributed by atoms with Gasteiger partial charge in [0.15, 0.2) is 11.5 Å². The maximum atomic E-state index is 13.5. The molecule has 1 amide bonds. The first-order chi connectivity index (χ1) is 15.0. The molecule has 160 valence electrons. The smallest absolute Gasteiger partial charge is 0.295 e. The second-order valence-corrected chi connectivity index (χ2v) is 7.71. The van der Waals surface area contributed by atoms with Gasteiger partial charge in [-0.2, -0.15) is 0 Å². The molecule has 0 radical (unpaired) electrons. The van der Waals surface area contributed by atoms with Crippen molar-refractivity contribution in [3.63, 3.8) is 0 Å².